The van der Waals surface area contributed by atoms with Crippen LogP contribution in [0.2, 0.25) is 0 Å². The van der Waals surface area contributed by atoms with Gasteiger partial charge in [-0.3, -0.25) is 9.59 Å². The predicted molar refractivity (Wildman–Crippen MR) is 90.6 cm³/mol. The molecule has 1 unspecified atom stereocenters. The fourth-order valence-corrected chi connectivity index (χ4v) is 2.20. The number of carbonyl (C=O) groups excluding carboxylic acids is 1. The van der Waals surface area contributed by atoms with E-state index in [0.717, 1.165) is 18.4 Å². The highest BCUT2D eigenvalue weighted by atomic mass is 16.4. The van der Waals surface area contributed by atoms with Gasteiger partial charge in [0.05, 0.1) is 5.56 Å². The third-order valence-electron chi connectivity index (χ3n) is 3.58. The molecule has 1 aromatic carbocycles. The molecule has 2 N–H and O–H groups in total. The highest BCUT2D eigenvalue weighted by molar-refractivity contribution is 6.09. The zero-order chi connectivity index (χ0) is 17.4. The molecule has 0 spiro atoms. The SMILES string of the molecule is CC(C)=CCC/C(C)=C/CC(C(=O)O)C(=O)c1ccccc1O. The molecule has 0 saturated heterocycles. The highest BCUT2D eigenvalue weighted by Crippen LogP contribution is 2.22. The summed E-state index contributed by atoms with van der Waals surface area (Å²) in [5.41, 5.74) is 2.35. The lowest BCUT2D eigenvalue weighted by Gasteiger charge is -2.11. The Morgan fingerprint density at radius 1 is 1.13 bits per heavy atom. The van der Waals surface area contributed by atoms with Gasteiger partial charge in [-0.1, -0.05) is 35.4 Å². The molecule has 0 aliphatic rings. The van der Waals surface area contributed by atoms with Crippen molar-refractivity contribution in [2.75, 3.05) is 0 Å². The third-order valence-corrected chi connectivity index (χ3v) is 3.58. The topological polar surface area (TPSA) is 74.6 Å². The number of Topliss-reactive ketones (excluding diaryl/α,β-unsaturated/α-hetero) is 1. The highest BCUT2D eigenvalue weighted by Gasteiger charge is 2.27. The Kier molecular flexibility index (Phi) is 7.26. The number of phenolic OH excluding ortho intramolecular Hbond substituents is 1. The molecule has 4 heteroatoms. The summed E-state index contributed by atoms with van der Waals surface area (Å²) in [6.45, 7) is 6.00. The van der Waals surface area contributed by atoms with E-state index >= 15 is 0 Å². The van der Waals surface area contributed by atoms with Gasteiger partial charge in [-0.15, -0.1) is 0 Å². The molecule has 4 nitrogen and oxygen atoms in total. The Balaban J connectivity index is 2.80. The van der Waals surface area contributed by atoms with Crippen LogP contribution in [0.3, 0.4) is 0 Å². The van der Waals surface area contributed by atoms with Gasteiger partial charge < -0.3 is 10.2 Å². The van der Waals surface area contributed by atoms with E-state index in [4.69, 9.17) is 0 Å². The molecule has 0 radical (unpaired) electrons. The number of carboxylic acids is 1. The number of rotatable bonds is 8. The van der Waals surface area contributed by atoms with E-state index in [1.165, 1.54) is 17.7 Å². The molecule has 0 fully saturated rings. The molecule has 0 aliphatic carbocycles. The second-order valence-corrected chi connectivity index (χ2v) is 5.88. The third kappa shape index (κ3) is 6.10. The molecule has 0 heterocycles. The Morgan fingerprint density at radius 2 is 1.78 bits per heavy atom. The minimum Gasteiger partial charge on any atom is -0.507 e. The zero-order valence-electron chi connectivity index (χ0n) is 13.9. The molecule has 23 heavy (non-hydrogen) atoms. The van der Waals surface area contributed by atoms with Gasteiger partial charge in [0.25, 0.3) is 0 Å². The predicted octanol–water partition coefficient (Wildman–Crippen LogP) is 4.36. The number of aromatic hydroxyl groups is 1. The first-order chi connectivity index (χ1) is 10.8. The zero-order valence-corrected chi connectivity index (χ0v) is 13.9. The molecular weight excluding hydrogens is 292 g/mol. The largest absolute Gasteiger partial charge is 0.507 e. The minimum atomic E-state index is -1.18. The summed E-state index contributed by atoms with van der Waals surface area (Å²) in [6.07, 6.45) is 5.79. The summed E-state index contributed by atoms with van der Waals surface area (Å²) in [5, 5.41) is 19.0. The van der Waals surface area contributed by atoms with Crippen LogP contribution in [-0.4, -0.2) is 22.0 Å². The number of aliphatic carboxylic acids is 1. The van der Waals surface area contributed by atoms with Gasteiger partial charge >= 0.3 is 5.97 Å². The quantitative estimate of drug-likeness (QED) is 0.424. The Morgan fingerprint density at radius 3 is 2.35 bits per heavy atom. The van der Waals surface area contributed by atoms with Crippen LogP contribution in [0.15, 0.2) is 47.6 Å². The van der Waals surface area contributed by atoms with Gasteiger partial charge in [-0.2, -0.15) is 0 Å². The second kappa shape index (κ2) is 8.93. The number of carbonyl (C=O) groups is 2. The number of hydrogen-bond acceptors (Lipinski definition) is 3. The first-order valence-corrected chi connectivity index (χ1v) is 7.67. The van der Waals surface area contributed by atoms with E-state index in [2.05, 4.69) is 6.08 Å². The van der Waals surface area contributed by atoms with Crippen LogP contribution in [0.25, 0.3) is 0 Å². The van der Waals surface area contributed by atoms with E-state index in [-0.39, 0.29) is 17.7 Å². The lowest BCUT2D eigenvalue weighted by Crippen LogP contribution is -2.23. The molecule has 124 valence electrons. The van der Waals surface area contributed by atoms with Crippen molar-refractivity contribution in [3.05, 3.63) is 53.1 Å². The number of phenols is 1. The molecule has 0 aliphatic heterocycles. The van der Waals surface area contributed by atoms with Crippen molar-refractivity contribution in [1.29, 1.82) is 0 Å². The summed E-state index contributed by atoms with van der Waals surface area (Å²) in [7, 11) is 0. The summed E-state index contributed by atoms with van der Waals surface area (Å²) in [4.78, 5) is 23.7. The molecular formula is C19H24O4. The molecule has 0 aromatic heterocycles. The van der Waals surface area contributed by atoms with Crippen molar-refractivity contribution in [3.8, 4) is 5.75 Å². The van der Waals surface area contributed by atoms with Crippen molar-refractivity contribution < 1.29 is 19.8 Å². The Hall–Kier alpha value is -2.36. The van der Waals surface area contributed by atoms with Crippen LogP contribution in [0.1, 0.15) is 50.4 Å². The standard InChI is InChI=1S/C19H24O4/c1-13(2)7-6-8-14(3)11-12-16(19(22)23)18(21)15-9-4-5-10-17(15)20/h4-5,7,9-11,16,20H,6,8,12H2,1-3H3,(H,22,23)/b14-11+. The number of hydrogen-bond donors (Lipinski definition) is 2. The van der Waals surface area contributed by atoms with Crippen molar-refractivity contribution in [2.24, 2.45) is 5.92 Å². The van der Waals surface area contributed by atoms with Crippen LogP contribution in [0.5, 0.6) is 5.75 Å². The lowest BCUT2D eigenvalue weighted by atomic mass is 9.93. The number of ketones is 1. The Labute approximate surface area is 137 Å². The second-order valence-electron chi connectivity index (χ2n) is 5.88. The summed E-state index contributed by atoms with van der Waals surface area (Å²) in [5.74, 6) is -3.11. The number of allylic oxidation sites excluding steroid dienone is 4. The summed E-state index contributed by atoms with van der Waals surface area (Å²) >= 11 is 0. The molecule has 0 saturated carbocycles. The van der Waals surface area contributed by atoms with Gasteiger partial charge in [0, 0.05) is 0 Å². The van der Waals surface area contributed by atoms with Crippen molar-refractivity contribution in [3.63, 3.8) is 0 Å². The van der Waals surface area contributed by atoms with Crippen LogP contribution < -0.4 is 0 Å². The van der Waals surface area contributed by atoms with E-state index < -0.39 is 17.7 Å². The van der Waals surface area contributed by atoms with Gasteiger partial charge in [0.1, 0.15) is 11.7 Å². The first-order valence-electron chi connectivity index (χ1n) is 7.67. The number of benzene rings is 1. The summed E-state index contributed by atoms with van der Waals surface area (Å²) in [6, 6.07) is 6.02. The fourth-order valence-electron chi connectivity index (χ4n) is 2.20. The molecule has 0 amide bonds. The van der Waals surface area contributed by atoms with E-state index in [1.807, 2.05) is 20.8 Å². The van der Waals surface area contributed by atoms with Crippen molar-refractivity contribution >= 4 is 11.8 Å². The van der Waals surface area contributed by atoms with Crippen LogP contribution in [-0.2, 0) is 4.79 Å². The van der Waals surface area contributed by atoms with Crippen molar-refractivity contribution in [1.82, 2.24) is 0 Å². The maximum Gasteiger partial charge on any atom is 0.314 e. The first kappa shape index (κ1) is 18.7. The average Bonchev–Trinajstić information content (AvgIpc) is 2.46. The lowest BCUT2D eigenvalue weighted by molar-refractivity contribution is -0.139. The van der Waals surface area contributed by atoms with Crippen molar-refractivity contribution in [2.45, 2.75) is 40.0 Å². The van der Waals surface area contributed by atoms with Gasteiger partial charge in [-0.25, -0.2) is 0 Å². The van der Waals surface area contributed by atoms with Gasteiger partial charge in [0.15, 0.2) is 5.78 Å². The van der Waals surface area contributed by atoms with E-state index in [1.54, 1.807) is 18.2 Å². The van der Waals surface area contributed by atoms with Crippen LogP contribution in [0, 0.1) is 5.92 Å². The Bertz CT molecular complexity index is 622. The summed E-state index contributed by atoms with van der Waals surface area (Å²) < 4.78 is 0. The molecule has 0 bridgehead atoms. The van der Waals surface area contributed by atoms with E-state index in [9.17, 15) is 19.8 Å². The number of carboxylic acid groups (broad SMARTS) is 1. The maximum atomic E-state index is 12.3. The van der Waals surface area contributed by atoms with Gasteiger partial charge in [-0.05, 0) is 52.2 Å². The molecule has 1 atom stereocenters. The van der Waals surface area contributed by atoms with Gasteiger partial charge in [0.2, 0.25) is 0 Å². The smallest absolute Gasteiger partial charge is 0.314 e. The normalized spacial score (nSPS) is 12.6. The fraction of sp³-hybridized carbons (Fsp3) is 0.368. The minimum absolute atomic E-state index is 0.0514. The monoisotopic (exact) mass is 316 g/mol. The van der Waals surface area contributed by atoms with Crippen LogP contribution in [0.4, 0.5) is 0 Å². The van der Waals surface area contributed by atoms with Crippen LogP contribution >= 0.6 is 0 Å². The maximum absolute atomic E-state index is 12.3. The number of para-hydroxylation sites is 1. The molecule has 1 aromatic rings. The van der Waals surface area contributed by atoms with E-state index in [0.29, 0.717) is 0 Å². The molecule has 1 rings (SSSR count). The average molecular weight is 316 g/mol.